The van der Waals surface area contributed by atoms with E-state index in [-0.39, 0.29) is 0 Å². The predicted molar refractivity (Wildman–Crippen MR) is 71.9 cm³/mol. The number of sulfonamides is 1. The Morgan fingerprint density at radius 2 is 1.94 bits per heavy atom. The van der Waals surface area contributed by atoms with Crippen molar-refractivity contribution in [3.63, 3.8) is 0 Å². The van der Waals surface area contributed by atoms with Gasteiger partial charge in [-0.25, -0.2) is 8.42 Å². The van der Waals surface area contributed by atoms with Crippen LogP contribution in [0.1, 0.15) is 11.3 Å². The van der Waals surface area contributed by atoms with Gasteiger partial charge >= 0.3 is 0 Å². The third-order valence-electron chi connectivity index (χ3n) is 3.75. The van der Waals surface area contributed by atoms with Crippen LogP contribution in [0.3, 0.4) is 0 Å². The molecule has 2 aromatic rings. The van der Waals surface area contributed by atoms with Crippen LogP contribution in [0, 0.1) is 0 Å². The van der Waals surface area contributed by atoms with Gasteiger partial charge in [-0.1, -0.05) is 18.2 Å². The Kier molecular flexibility index (Phi) is 2.50. The number of hydrogen-bond acceptors (Lipinski definition) is 2. The smallest absolute Gasteiger partial charge is 0.211 e. The highest BCUT2D eigenvalue weighted by atomic mass is 32.2. The van der Waals surface area contributed by atoms with E-state index in [0.717, 1.165) is 12.1 Å². The first-order valence-corrected chi connectivity index (χ1v) is 7.83. The highest BCUT2D eigenvalue weighted by Gasteiger charge is 2.27. The number of aromatic nitrogens is 1. The van der Waals surface area contributed by atoms with Crippen molar-refractivity contribution in [2.45, 2.75) is 13.0 Å². The minimum absolute atomic E-state index is 0.485. The first-order chi connectivity index (χ1) is 8.48. The number of hydrogen-bond donors (Lipinski definition) is 0. The van der Waals surface area contributed by atoms with Gasteiger partial charge in [0.05, 0.1) is 12.8 Å². The SMILES string of the molecule is Cn1c2c(c3ccccc31)CCN(S(C)(=O)=O)C2. The molecule has 18 heavy (non-hydrogen) atoms. The van der Waals surface area contributed by atoms with Crippen LogP contribution in [0.5, 0.6) is 0 Å². The lowest BCUT2D eigenvalue weighted by Crippen LogP contribution is -2.35. The van der Waals surface area contributed by atoms with Crippen molar-refractivity contribution in [2.75, 3.05) is 12.8 Å². The summed E-state index contributed by atoms with van der Waals surface area (Å²) in [5.41, 5.74) is 3.60. The largest absolute Gasteiger partial charge is 0.346 e. The van der Waals surface area contributed by atoms with Gasteiger partial charge in [-0.15, -0.1) is 0 Å². The maximum Gasteiger partial charge on any atom is 0.211 e. The molecule has 0 saturated carbocycles. The number of fused-ring (bicyclic) bond motifs is 3. The normalized spacial score (nSPS) is 17.0. The molecule has 0 atom stereocenters. The van der Waals surface area contributed by atoms with Gasteiger partial charge < -0.3 is 4.57 Å². The molecule has 0 bridgehead atoms. The molecule has 4 nitrogen and oxygen atoms in total. The summed E-state index contributed by atoms with van der Waals surface area (Å²) in [5.74, 6) is 0. The third kappa shape index (κ3) is 1.66. The molecular weight excluding hydrogens is 248 g/mol. The minimum Gasteiger partial charge on any atom is -0.346 e. The van der Waals surface area contributed by atoms with E-state index in [1.54, 1.807) is 4.31 Å². The van der Waals surface area contributed by atoms with Crippen molar-refractivity contribution in [3.05, 3.63) is 35.5 Å². The molecule has 0 fully saturated rings. The summed E-state index contributed by atoms with van der Waals surface area (Å²) in [6.07, 6.45) is 2.07. The first-order valence-electron chi connectivity index (χ1n) is 5.99. The predicted octanol–water partition coefficient (Wildman–Crippen LogP) is 1.50. The summed E-state index contributed by atoms with van der Waals surface area (Å²) >= 11 is 0. The van der Waals surface area contributed by atoms with Crippen molar-refractivity contribution < 1.29 is 8.42 Å². The van der Waals surface area contributed by atoms with E-state index in [4.69, 9.17) is 0 Å². The molecule has 96 valence electrons. The molecule has 1 aliphatic heterocycles. The number of para-hydroxylation sites is 1. The van der Waals surface area contributed by atoms with Crippen LogP contribution < -0.4 is 0 Å². The first kappa shape index (κ1) is 11.7. The van der Waals surface area contributed by atoms with Gasteiger partial charge in [-0.3, -0.25) is 0 Å². The zero-order valence-corrected chi connectivity index (χ0v) is 11.4. The number of benzene rings is 1. The van der Waals surface area contributed by atoms with Gasteiger partial charge in [0.1, 0.15) is 0 Å². The zero-order valence-electron chi connectivity index (χ0n) is 10.5. The second-order valence-electron chi connectivity index (χ2n) is 4.85. The average molecular weight is 264 g/mol. The van der Waals surface area contributed by atoms with E-state index >= 15 is 0 Å². The van der Waals surface area contributed by atoms with Crippen LogP contribution in [0.2, 0.25) is 0 Å². The molecule has 1 aromatic carbocycles. The second-order valence-corrected chi connectivity index (χ2v) is 6.83. The maximum atomic E-state index is 11.6. The summed E-state index contributed by atoms with van der Waals surface area (Å²) in [5, 5.41) is 1.25. The lowest BCUT2D eigenvalue weighted by molar-refractivity contribution is 0.386. The summed E-state index contributed by atoms with van der Waals surface area (Å²) < 4.78 is 26.9. The fourth-order valence-corrected chi connectivity index (χ4v) is 3.55. The molecule has 3 rings (SSSR count). The van der Waals surface area contributed by atoms with Gasteiger partial charge in [-0.05, 0) is 18.1 Å². The number of nitrogens with zero attached hydrogens (tertiary/aromatic N) is 2. The summed E-state index contributed by atoms with van der Waals surface area (Å²) in [6.45, 7) is 1.07. The molecule has 0 amide bonds. The second kappa shape index (κ2) is 3.83. The van der Waals surface area contributed by atoms with E-state index in [2.05, 4.69) is 16.7 Å². The molecule has 0 N–H and O–H groups in total. The lowest BCUT2D eigenvalue weighted by Gasteiger charge is -2.25. The molecular formula is C13H16N2O2S. The van der Waals surface area contributed by atoms with Crippen LogP contribution in [0.25, 0.3) is 10.9 Å². The van der Waals surface area contributed by atoms with E-state index < -0.39 is 10.0 Å². The van der Waals surface area contributed by atoms with Gasteiger partial charge in [0, 0.05) is 30.2 Å². The zero-order chi connectivity index (χ0) is 12.9. The minimum atomic E-state index is -3.10. The van der Waals surface area contributed by atoms with Crippen LogP contribution >= 0.6 is 0 Å². The van der Waals surface area contributed by atoms with Gasteiger partial charge in [0.15, 0.2) is 0 Å². The summed E-state index contributed by atoms with van der Waals surface area (Å²) in [4.78, 5) is 0. The van der Waals surface area contributed by atoms with Crippen LogP contribution in [-0.4, -0.2) is 30.1 Å². The lowest BCUT2D eigenvalue weighted by atomic mass is 10.1. The summed E-state index contributed by atoms with van der Waals surface area (Å²) in [6, 6.07) is 8.25. The van der Waals surface area contributed by atoms with Crippen molar-refractivity contribution in [1.82, 2.24) is 8.87 Å². The van der Waals surface area contributed by atoms with Crippen molar-refractivity contribution in [1.29, 1.82) is 0 Å². The Morgan fingerprint density at radius 3 is 2.67 bits per heavy atom. The van der Waals surface area contributed by atoms with Crippen molar-refractivity contribution >= 4 is 20.9 Å². The monoisotopic (exact) mass is 264 g/mol. The standard InChI is InChI=1S/C13H16N2O2S/c1-14-12-6-4-3-5-10(12)11-7-8-15(9-13(11)14)18(2,16)17/h3-6H,7-9H2,1-2H3. The Balaban J connectivity index is 2.17. The Bertz CT molecular complexity index is 716. The quantitative estimate of drug-likeness (QED) is 0.783. The molecule has 0 saturated heterocycles. The molecule has 0 radical (unpaired) electrons. The van der Waals surface area contributed by atoms with Crippen LogP contribution in [0.4, 0.5) is 0 Å². The average Bonchev–Trinajstić information content (AvgIpc) is 2.63. The highest BCUT2D eigenvalue weighted by Crippen LogP contribution is 2.30. The van der Waals surface area contributed by atoms with Crippen molar-refractivity contribution in [2.24, 2.45) is 7.05 Å². The highest BCUT2D eigenvalue weighted by molar-refractivity contribution is 7.88. The molecule has 0 unspecified atom stereocenters. The third-order valence-corrected chi connectivity index (χ3v) is 5.00. The number of rotatable bonds is 1. The Labute approximate surface area is 107 Å². The Hall–Kier alpha value is -1.33. The molecule has 1 aliphatic rings. The molecule has 1 aromatic heterocycles. The summed E-state index contributed by atoms with van der Waals surface area (Å²) in [7, 11) is -1.10. The van der Waals surface area contributed by atoms with Gasteiger partial charge in [0.25, 0.3) is 0 Å². The fraction of sp³-hybridized carbons (Fsp3) is 0.385. The fourth-order valence-electron chi connectivity index (χ4n) is 2.77. The van der Waals surface area contributed by atoms with Gasteiger partial charge in [-0.2, -0.15) is 4.31 Å². The van der Waals surface area contributed by atoms with E-state index in [1.165, 1.54) is 22.7 Å². The maximum absolute atomic E-state index is 11.6. The van der Waals surface area contributed by atoms with E-state index in [0.29, 0.717) is 13.1 Å². The molecule has 0 spiro atoms. The van der Waals surface area contributed by atoms with E-state index in [9.17, 15) is 8.42 Å². The van der Waals surface area contributed by atoms with Crippen LogP contribution in [-0.2, 0) is 30.0 Å². The van der Waals surface area contributed by atoms with Crippen molar-refractivity contribution in [3.8, 4) is 0 Å². The molecule has 0 aliphatic carbocycles. The topological polar surface area (TPSA) is 42.3 Å². The van der Waals surface area contributed by atoms with Crippen LogP contribution in [0.15, 0.2) is 24.3 Å². The molecule has 2 heterocycles. The molecule has 5 heteroatoms. The van der Waals surface area contributed by atoms with Gasteiger partial charge in [0.2, 0.25) is 10.0 Å². The van der Waals surface area contributed by atoms with E-state index in [1.807, 2.05) is 19.2 Å². The number of aryl methyl sites for hydroxylation is 1. The Morgan fingerprint density at radius 1 is 1.22 bits per heavy atom.